The average molecular weight is 963 g/mol. The van der Waals surface area contributed by atoms with Gasteiger partial charge in [-0.25, -0.2) is 19.4 Å². The normalized spacial score (nSPS) is 17.2. The van der Waals surface area contributed by atoms with Crippen LogP contribution in [0.2, 0.25) is 0 Å². The van der Waals surface area contributed by atoms with Gasteiger partial charge in [0.05, 0.1) is 7.11 Å². The predicted octanol–water partition coefficient (Wildman–Crippen LogP) is 7.30. The number of anilines is 1. The summed E-state index contributed by atoms with van der Waals surface area (Å²) in [6.45, 7) is -0.377. The van der Waals surface area contributed by atoms with Crippen LogP contribution < -0.4 is 16.4 Å². The lowest BCUT2D eigenvalue weighted by Crippen LogP contribution is -2.71. The summed E-state index contributed by atoms with van der Waals surface area (Å²) >= 11 is 2.47. The third kappa shape index (κ3) is 9.82. The van der Waals surface area contributed by atoms with Gasteiger partial charge in [0.15, 0.2) is 16.9 Å². The maximum absolute atomic E-state index is 14.6. The number of rotatable bonds is 18. The molecular weight excluding hydrogens is 917 g/mol. The van der Waals surface area contributed by atoms with Crippen LogP contribution in [0.3, 0.4) is 0 Å². The van der Waals surface area contributed by atoms with E-state index in [1.807, 2.05) is 152 Å². The molecule has 0 radical (unpaired) electrons. The summed E-state index contributed by atoms with van der Waals surface area (Å²) in [6.07, 6.45) is -1.60. The molecule has 1 saturated carbocycles. The van der Waals surface area contributed by atoms with Crippen molar-refractivity contribution in [2.75, 3.05) is 24.8 Å². The third-order valence-corrected chi connectivity index (χ3v) is 14.1. The van der Waals surface area contributed by atoms with Crippen LogP contribution in [0.4, 0.5) is 9.93 Å². The molecule has 3 atom stereocenters. The summed E-state index contributed by atoms with van der Waals surface area (Å²) in [5, 5.41) is 12.1. The van der Waals surface area contributed by atoms with Crippen molar-refractivity contribution in [2.24, 2.45) is 16.8 Å². The number of hydrogen-bond acceptors (Lipinski definition) is 14. The molecule has 0 bridgehead atoms. The average Bonchev–Trinajstić information content (AvgIpc) is 4.14. The lowest BCUT2D eigenvalue weighted by atomic mass is 9.77. The van der Waals surface area contributed by atoms with Crippen LogP contribution in [0.15, 0.2) is 173 Å². The van der Waals surface area contributed by atoms with E-state index in [0.717, 1.165) is 16.7 Å². The lowest BCUT2D eigenvalue weighted by molar-refractivity contribution is -0.156. The quantitative estimate of drug-likeness (QED) is 0.0194. The first-order chi connectivity index (χ1) is 33.7. The standard InChI is InChI=1S/C52H46N6O9S2/c1-64-49(62)44(34-27-28-34)67-57-40(39-31-69-51(54-39)56-52(36-21-11-4-12-22-36,37-23-13-5-14-24-37)38-25-15-6-16-26-38)45(59)55-41-46(60)58-42(35(29-65-50(53)63)30-68-47(41)58)48(61)66-43(32-17-7-2-8-18-32)33-19-9-3-10-20-33/h2-26,31,34,41,43-44,47H,27-30H2,1H3,(H2,53,63)(H,54,56)(H,55,59)/b57-40-/t41-,44?,47-/m1/s1. The van der Waals surface area contributed by atoms with Crippen molar-refractivity contribution in [2.45, 2.75) is 42.0 Å². The van der Waals surface area contributed by atoms with Crippen molar-refractivity contribution in [3.05, 3.63) is 202 Å². The molecular formula is C52H46N6O9S2. The Hall–Kier alpha value is -7.76. The molecule has 6 aromatic rings. The summed E-state index contributed by atoms with van der Waals surface area (Å²) in [6, 6.07) is 46.9. The van der Waals surface area contributed by atoms with Gasteiger partial charge in [-0.2, -0.15) is 0 Å². The number of primary amides is 1. The first-order valence-electron chi connectivity index (χ1n) is 22.1. The van der Waals surface area contributed by atoms with Crippen LogP contribution in [0.1, 0.15) is 52.5 Å². The molecule has 4 N–H and O–H groups in total. The molecule has 15 nitrogen and oxygen atoms in total. The monoisotopic (exact) mass is 962 g/mol. The van der Waals surface area contributed by atoms with E-state index < -0.39 is 59.0 Å². The maximum atomic E-state index is 14.6. The first kappa shape index (κ1) is 46.4. The third-order valence-electron chi connectivity index (χ3n) is 12.0. The number of carbonyl (C=O) groups excluding carboxylic acids is 5. The van der Waals surface area contributed by atoms with Gasteiger partial charge < -0.3 is 35.4 Å². The van der Waals surface area contributed by atoms with E-state index in [1.54, 1.807) is 5.38 Å². The van der Waals surface area contributed by atoms with Crippen molar-refractivity contribution in [3.63, 3.8) is 0 Å². The number of ether oxygens (including phenoxy) is 3. The summed E-state index contributed by atoms with van der Waals surface area (Å²) < 4.78 is 16.3. The molecule has 350 valence electrons. The number of nitrogens with one attached hydrogen (secondary N) is 2. The molecule has 3 heterocycles. The van der Waals surface area contributed by atoms with Crippen molar-refractivity contribution < 1.29 is 43.0 Å². The topological polar surface area (TPSA) is 201 Å². The summed E-state index contributed by atoms with van der Waals surface area (Å²) in [5.41, 5.74) is 8.50. The number of fused-ring (bicyclic) bond motifs is 1. The Morgan fingerprint density at radius 1 is 0.812 bits per heavy atom. The van der Waals surface area contributed by atoms with Crippen LogP contribution in [0, 0.1) is 5.92 Å². The lowest BCUT2D eigenvalue weighted by Gasteiger charge is -2.49. The van der Waals surface area contributed by atoms with E-state index >= 15 is 0 Å². The molecule has 5 aromatic carbocycles. The van der Waals surface area contributed by atoms with Gasteiger partial charge in [0.25, 0.3) is 11.8 Å². The molecule has 9 rings (SSSR count). The number of oxime groups is 1. The highest BCUT2D eigenvalue weighted by Gasteiger charge is 2.55. The molecule has 1 unspecified atom stereocenters. The van der Waals surface area contributed by atoms with E-state index in [0.29, 0.717) is 34.7 Å². The highest BCUT2D eigenvalue weighted by Crippen LogP contribution is 2.43. The van der Waals surface area contributed by atoms with Crippen molar-refractivity contribution in [1.82, 2.24) is 15.2 Å². The number of thiazole rings is 1. The van der Waals surface area contributed by atoms with E-state index in [-0.39, 0.29) is 35.4 Å². The van der Waals surface area contributed by atoms with E-state index in [1.165, 1.54) is 35.1 Å². The molecule has 1 aromatic heterocycles. The SMILES string of the molecule is COC(=O)C(O/N=C(\C(=O)N[C@@H]1C(=O)N2C(C(=O)OC(c3ccccc3)c3ccccc3)=C(COC(N)=O)CS[C@H]12)c1csc(NC(c2ccccc2)(c2ccccc2)c2ccccc2)n1)C1CC1. The zero-order valence-electron chi connectivity index (χ0n) is 37.1. The number of amides is 3. The van der Waals surface area contributed by atoms with E-state index in [9.17, 15) is 24.0 Å². The minimum Gasteiger partial charge on any atom is -0.466 e. The van der Waals surface area contributed by atoms with Gasteiger partial charge >= 0.3 is 18.0 Å². The van der Waals surface area contributed by atoms with Crippen LogP contribution in [0.25, 0.3) is 0 Å². The van der Waals surface area contributed by atoms with E-state index in [2.05, 4.69) is 15.8 Å². The first-order valence-corrected chi connectivity index (χ1v) is 24.0. The highest BCUT2D eigenvalue weighted by molar-refractivity contribution is 8.00. The molecule has 1 saturated heterocycles. The summed E-state index contributed by atoms with van der Waals surface area (Å²) in [5.74, 6) is -2.99. The molecule has 1 aliphatic carbocycles. The largest absolute Gasteiger partial charge is 0.466 e. The number of benzene rings is 5. The fraction of sp³-hybridized carbons (Fsp3) is 0.212. The minimum absolute atomic E-state index is 0.102. The van der Waals surface area contributed by atoms with Gasteiger partial charge in [-0.1, -0.05) is 157 Å². The molecule has 69 heavy (non-hydrogen) atoms. The zero-order chi connectivity index (χ0) is 47.9. The Morgan fingerprint density at radius 3 is 1.86 bits per heavy atom. The van der Waals surface area contributed by atoms with Gasteiger partial charge in [0.1, 0.15) is 35.0 Å². The predicted molar refractivity (Wildman–Crippen MR) is 259 cm³/mol. The highest BCUT2D eigenvalue weighted by atomic mass is 32.2. The second kappa shape index (κ2) is 20.6. The number of methoxy groups -OCH3 is 1. The van der Waals surface area contributed by atoms with Gasteiger partial charge in [0, 0.05) is 22.6 Å². The Morgan fingerprint density at radius 2 is 1.35 bits per heavy atom. The Kier molecular flexibility index (Phi) is 13.9. The van der Waals surface area contributed by atoms with Gasteiger partial charge in [-0.3, -0.25) is 14.5 Å². The smallest absolute Gasteiger partial charge is 0.404 e. The Balaban J connectivity index is 1.03. The van der Waals surface area contributed by atoms with E-state index in [4.69, 9.17) is 29.8 Å². The number of carbonyl (C=O) groups is 5. The molecule has 0 spiro atoms. The number of β-lactam (4-membered cyclic amide) rings is 1. The van der Waals surface area contributed by atoms with Crippen LogP contribution in [0.5, 0.6) is 0 Å². The fourth-order valence-corrected chi connectivity index (χ4v) is 10.5. The van der Waals surface area contributed by atoms with Crippen molar-refractivity contribution in [1.29, 1.82) is 0 Å². The van der Waals surface area contributed by atoms with Crippen LogP contribution in [-0.2, 0) is 43.8 Å². The zero-order valence-corrected chi connectivity index (χ0v) is 38.8. The Bertz CT molecular complexity index is 2750. The Labute approximate surface area is 405 Å². The summed E-state index contributed by atoms with van der Waals surface area (Å²) in [7, 11) is 1.25. The molecule has 17 heteroatoms. The molecule has 3 aliphatic rings. The number of esters is 2. The van der Waals surface area contributed by atoms with Crippen LogP contribution in [-0.4, -0.2) is 82.4 Å². The molecule has 2 fully saturated rings. The van der Waals surface area contributed by atoms with Crippen molar-refractivity contribution >= 4 is 63.8 Å². The fourth-order valence-electron chi connectivity index (χ4n) is 8.43. The van der Waals surface area contributed by atoms with Gasteiger partial charge in [0.2, 0.25) is 6.10 Å². The number of nitrogens with two attached hydrogens (primary N) is 1. The second-order valence-electron chi connectivity index (χ2n) is 16.4. The number of nitrogens with zero attached hydrogens (tertiary/aromatic N) is 3. The van der Waals surface area contributed by atoms with Crippen molar-refractivity contribution in [3.8, 4) is 0 Å². The second-order valence-corrected chi connectivity index (χ2v) is 18.3. The molecule has 3 amide bonds. The number of aromatic nitrogens is 1. The van der Waals surface area contributed by atoms with Crippen LogP contribution >= 0.6 is 23.1 Å². The number of thioether (sulfide) groups is 1. The van der Waals surface area contributed by atoms with Gasteiger partial charge in [-0.15, -0.1) is 23.1 Å². The molecule has 2 aliphatic heterocycles. The minimum atomic E-state index is -1.16. The van der Waals surface area contributed by atoms with Gasteiger partial charge in [-0.05, 0) is 40.7 Å². The number of hydrogen-bond donors (Lipinski definition) is 3. The summed E-state index contributed by atoms with van der Waals surface area (Å²) in [4.78, 5) is 80.0. The maximum Gasteiger partial charge on any atom is 0.404 e.